The number of amides is 1. The van der Waals surface area contributed by atoms with Crippen LogP contribution in [-0.4, -0.2) is 24.9 Å². The number of anilines is 2. The average molecular weight is 265 g/mol. The molecule has 2 aromatic rings. The first-order valence-electron chi connectivity index (χ1n) is 6.19. The maximum Gasteiger partial charge on any atom is 0.253 e. The van der Waals surface area contributed by atoms with Crippen molar-refractivity contribution in [1.29, 1.82) is 5.26 Å². The van der Waals surface area contributed by atoms with E-state index in [0.29, 0.717) is 11.1 Å². The molecule has 0 aliphatic heterocycles. The number of rotatable bonds is 3. The van der Waals surface area contributed by atoms with Crippen LogP contribution in [0.1, 0.15) is 15.9 Å². The van der Waals surface area contributed by atoms with E-state index in [0.717, 1.165) is 11.4 Å². The predicted molar refractivity (Wildman–Crippen MR) is 78.9 cm³/mol. The van der Waals surface area contributed by atoms with Crippen LogP contribution in [0, 0.1) is 11.3 Å². The molecule has 0 unspecified atom stereocenters. The topological polar surface area (TPSA) is 56.1 Å². The summed E-state index contributed by atoms with van der Waals surface area (Å²) in [5.41, 5.74) is 2.96. The molecule has 0 radical (unpaired) electrons. The number of carbonyl (C=O) groups is 1. The fourth-order valence-corrected chi connectivity index (χ4v) is 1.78. The summed E-state index contributed by atoms with van der Waals surface area (Å²) in [5.74, 6) is -0.0338. The van der Waals surface area contributed by atoms with Gasteiger partial charge in [-0.2, -0.15) is 5.26 Å². The fourth-order valence-electron chi connectivity index (χ4n) is 1.78. The lowest BCUT2D eigenvalue weighted by Gasteiger charge is -2.12. The van der Waals surface area contributed by atoms with E-state index in [1.807, 2.05) is 24.3 Å². The van der Waals surface area contributed by atoms with Gasteiger partial charge < -0.3 is 10.2 Å². The summed E-state index contributed by atoms with van der Waals surface area (Å²) in [5, 5.41) is 12.0. The minimum absolute atomic E-state index is 0.0338. The first-order valence-corrected chi connectivity index (χ1v) is 6.19. The molecule has 2 aromatic carbocycles. The van der Waals surface area contributed by atoms with E-state index in [4.69, 9.17) is 5.26 Å². The summed E-state index contributed by atoms with van der Waals surface area (Å²) in [6.45, 7) is 0. The van der Waals surface area contributed by atoms with Crippen molar-refractivity contribution in [3.63, 3.8) is 0 Å². The van der Waals surface area contributed by atoms with E-state index in [-0.39, 0.29) is 5.91 Å². The Labute approximate surface area is 118 Å². The smallest absolute Gasteiger partial charge is 0.253 e. The molecule has 4 nitrogen and oxygen atoms in total. The SMILES string of the molecule is CN(C)C(=O)c1cccc(Nc2ccc(C#N)cc2)c1. The van der Waals surface area contributed by atoms with Crippen LogP contribution in [-0.2, 0) is 0 Å². The largest absolute Gasteiger partial charge is 0.356 e. The molecule has 1 amide bonds. The van der Waals surface area contributed by atoms with E-state index in [2.05, 4.69) is 11.4 Å². The maximum absolute atomic E-state index is 11.9. The number of carbonyl (C=O) groups excluding carboxylic acids is 1. The average Bonchev–Trinajstić information content (AvgIpc) is 2.47. The van der Waals surface area contributed by atoms with Gasteiger partial charge in [-0.05, 0) is 42.5 Å². The Morgan fingerprint density at radius 3 is 2.40 bits per heavy atom. The number of hydrogen-bond donors (Lipinski definition) is 1. The first-order chi connectivity index (χ1) is 9.60. The Bertz CT molecular complexity index is 654. The number of nitrogens with one attached hydrogen (secondary N) is 1. The Balaban J connectivity index is 2.19. The highest BCUT2D eigenvalue weighted by atomic mass is 16.2. The molecule has 0 aliphatic carbocycles. The third-order valence-corrected chi connectivity index (χ3v) is 2.82. The third-order valence-electron chi connectivity index (χ3n) is 2.82. The molecule has 0 spiro atoms. The van der Waals surface area contributed by atoms with Crippen LogP contribution >= 0.6 is 0 Å². The van der Waals surface area contributed by atoms with E-state index in [1.165, 1.54) is 0 Å². The van der Waals surface area contributed by atoms with Gasteiger partial charge in [0.25, 0.3) is 5.91 Å². The second-order valence-electron chi connectivity index (χ2n) is 4.59. The molecule has 2 rings (SSSR count). The highest BCUT2D eigenvalue weighted by molar-refractivity contribution is 5.94. The monoisotopic (exact) mass is 265 g/mol. The summed E-state index contributed by atoms with van der Waals surface area (Å²) < 4.78 is 0. The van der Waals surface area contributed by atoms with Gasteiger partial charge in [0, 0.05) is 31.0 Å². The van der Waals surface area contributed by atoms with Crippen molar-refractivity contribution in [2.24, 2.45) is 0 Å². The van der Waals surface area contributed by atoms with Crippen molar-refractivity contribution in [3.8, 4) is 6.07 Å². The molecule has 4 heteroatoms. The van der Waals surface area contributed by atoms with Crippen molar-refractivity contribution in [3.05, 3.63) is 59.7 Å². The zero-order chi connectivity index (χ0) is 14.5. The Morgan fingerprint density at radius 2 is 1.80 bits per heavy atom. The Hall–Kier alpha value is -2.80. The highest BCUT2D eigenvalue weighted by Gasteiger charge is 2.08. The van der Waals surface area contributed by atoms with Gasteiger partial charge in [0.2, 0.25) is 0 Å². The van der Waals surface area contributed by atoms with Crippen molar-refractivity contribution in [2.75, 3.05) is 19.4 Å². The lowest BCUT2D eigenvalue weighted by Crippen LogP contribution is -2.21. The van der Waals surface area contributed by atoms with E-state index in [9.17, 15) is 4.79 Å². The zero-order valence-electron chi connectivity index (χ0n) is 11.4. The van der Waals surface area contributed by atoms with Gasteiger partial charge in [-0.25, -0.2) is 0 Å². The van der Waals surface area contributed by atoms with Gasteiger partial charge >= 0.3 is 0 Å². The minimum atomic E-state index is -0.0338. The molecule has 0 atom stereocenters. The molecule has 0 saturated carbocycles. The molecular formula is C16H15N3O. The van der Waals surface area contributed by atoms with E-state index < -0.39 is 0 Å². The van der Waals surface area contributed by atoms with Crippen LogP contribution in [0.3, 0.4) is 0 Å². The molecular weight excluding hydrogens is 250 g/mol. The third kappa shape index (κ3) is 3.15. The number of nitriles is 1. The quantitative estimate of drug-likeness (QED) is 0.928. The normalized spacial score (nSPS) is 9.65. The lowest BCUT2D eigenvalue weighted by atomic mass is 10.1. The van der Waals surface area contributed by atoms with Gasteiger partial charge in [0.05, 0.1) is 11.6 Å². The van der Waals surface area contributed by atoms with Crippen LogP contribution in [0.5, 0.6) is 0 Å². The second kappa shape index (κ2) is 5.89. The molecule has 20 heavy (non-hydrogen) atoms. The summed E-state index contributed by atoms with van der Waals surface area (Å²) in [4.78, 5) is 13.4. The lowest BCUT2D eigenvalue weighted by molar-refractivity contribution is 0.0827. The molecule has 0 bridgehead atoms. The summed E-state index contributed by atoms with van der Waals surface area (Å²) >= 11 is 0. The molecule has 100 valence electrons. The zero-order valence-corrected chi connectivity index (χ0v) is 11.4. The molecule has 0 aliphatic rings. The van der Waals surface area contributed by atoms with Crippen LogP contribution < -0.4 is 5.32 Å². The molecule has 0 aromatic heterocycles. The Kier molecular flexibility index (Phi) is 4.02. The van der Waals surface area contributed by atoms with Crippen molar-refractivity contribution < 1.29 is 4.79 Å². The molecule has 0 heterocycles. The maximum atomic E-state index is 11.9. The number of hydrogen-bond acceptors (Lipinski definition) is 3. The summed E-state index contributed by atoms with van der Waals surface area (Å²) in [7, 11) is 3.45. The van der Waals surface area contributed by atoms with Crippen LogP contribution in [0.15, 0.2) is 48.5 Å². The van der Waals surface area contributed by atoms with Crippen LogP contribution in [0.2, 0.25) is 0 Å². The van der Waals surface area contributed by atoms with Crippen molar-refractivity contribution >= 4 is 17.3 Å². The first kappa shape index (κ1) is 13.6. The minimum Gasteiger partial charge on any atom is -0.356 e. The van der Waals surface area contributed by atoms with Gasteiger partial charge in [-0.15, -0.1) is 0 Å². The van der Waals surface area contributed by atoms with Gasteiger partial charge in [0.15, 0.2) is 0 Å². The van der Waals surface area contributed by atoms with Crippen molar-refractivity contribution in [2.45, 2.75) is 0 Å². The molecule has 1 N–H and O–H groups in total. The van der Waals surface area contributed by atoms with Gasteiger partial charge in [-0.3, -0.25) is 4.79 Å². The standard InChI is InChI=1S/C16H15N3O/c1-19(2)16(20)13-4-3-5-15(10-13)18-14-8-6-12(11-17)7-9-14/h3-10,18H,1-2H3. The van der Waals surface area contributed by atoms with E-state index >= 15 is 0 Å². The van der Waals surface area contributed by atoms with E-state index in [1.54, 1.807) is 43.3 Å². The van der Waals surface area contributed by atoms with Crippen LogP contribution in [0.4, 0.5) is 11.4 Å². The second-order valence-corrected chi connectivity index (χ2v) is 4.59. The van der Waals surface area contributed by atoms with Gasteiger partial charge in [-0.1, -0.05) is 6.07 Å². The van der Waals surface area contributed by atoms with Crippen LogP contribution in [0.25, 0.3) is 0 Å². The number of benzene rings is 2. The predicted octanol–water partition coefficient (Wildman–Crippen LogP) is 3.00. The van der Waals surface area contributed by atoms with Crippen molar-refractivity contribution in [1.82, 2.24) is 4.90 Å². The van der Waals surface area contributed by atoms with Gasteiger partial charge in [0.1, 0.15) is 0 Å². The Morgan fingerprint density at radius 1 is 1.10 bits per heavy atom. The number of nitrogens with zero attached hydrogens (tertiary/aromatic N) is 2. The summed E-state index contributed by atoms with van der Waals surface area (Å²) in [6.07, 6.45) is 0. The fraction of sp³-hybridized carbons (Fsp3) is 0.125. The molecule has 0 saturated heterocycles. The summed E-state index contributed by atoms with van der Waals surface area (Å²) in [6, 6.07) is 16.6. The highest BCUT2D eigenvalue weighted by Crippen LogP contribution is 2.18. The molecule has 0 fully saturated rings.